The van der Waals surface area contributed by atoms with Gasteiger partial charge in [-0.1, -0.05) is 43.0 Å². The van der Waals surface area contributed by atoms with E-state index in [2.05, 4.69) is 6.58 Å². The maximum absolute atomic E-state index is 11.8. The lowest BCUT2D eigenvalue weighted by Gasteiger charge is -2.21. The Kier molecular flexibility index (Phi) is 3.24. The standard InChI is InChI=1S/C15H15NO/c1-3-15(17)16(4-2)14-11-7-9-12-8-5-6-10-13(12)14/h3,5-11H,1,4H2,2H3. The van der Waals surface area contributed by atoms with Crippen molar-refractivity contribution < 1.29 is 4.79 Å². The zero-order valence-corrected chi connectivity index (χ0v) is 9.89. The van der Waals surface area contributed by atoms with Crippen molar-refractivity contribution in [3.63, 3.8) is 0 Å². The number of nitrogens with zero attached hydrogens (tertiary/aromatic N) is 1. The molecule has 0 N–H and O–H groups in total. The van der Waals surface area contributed by atoms with E-state index >= 15 is 0 Å². The minimum atomic E-state index is -0.0659. The van der Waals surface area contributed by atoms with E-state index in [1.807, 2.05) is 49.4 Å². The molecule has 0 aliphatic rings. The molecule has 0 saturated heterocycles. The molecular formula is C15H15NO. The highest BCUT2D eigenvalue weighted by Crippen LogP contribution is 2.26. The van der Waals surface area contributed by atoms with E-state index in [9.17, 15) is 4.79 Å². The Bertz CT molecular complexity index is 554. The quantitative estimate of drug-likeness (QED) is 0.733. The summed E-state index contributed by atoms with van der Waals surface area (Å²) in [5, 5.41) is 2.23. The normalized spacial score (nSPS) is 10.2. The van der Waals surface area contributed by atoms with Crippen molar-refractivity contribution in [2.24, 2.45) is 0 Å². The van der Waals surface area contributed by atoms with Crippen LogP contribution in [0.2, 0.25) is 0 Å². The van der Waals surface area contributed by atoms with Crippen molar-refractivity contribution in [2.75, 3.05) is 11.4 Å². The highest BCUT2D eigenvalue weighted by Gasteiger charge is 2.12. The molecule has 2 heteroatoms. The lowest BCUT2D eigenvalue weighted by molar-refractivity contribution is -0.114. The molecule has 0 aliphatic carbocycles. The van der Waals surface area contributed by atoms with Gasteiger partial charge in [-0.3, -0.25) is 4.79 Å². The lowest BCUT2D eigenvalue weighted by atomic mass is 10.1. The molecule has 0 aromatic heterocycles. The summed E-state index contributed by atoms with van der Waals surface area (Å²) < 4.78 is 0. The second kappa shape index (κ2) is 4.83. The van der Waals surface area contributed by atoms with Gasteiger partial charge < -0.3 is 4.90 Å². The Morgan fingerprint density at radius 1 is 1.24 bits per heavy atom. The zero-order chi connectivity index (χ0) is 12.3. The van der Waals surface area contributed by atoms with Gasteiger partial charge >= 0.3 is 0 Å². The molecule has 0 saturated carbocycles. The third kappa shape index (κ3) is 2.07. The van der Waals surface area contributed by atoms with Crippen LogP contribution in [-0.4, -0.2) is 12.5 Å². The largest absolute Gasteiger partial charge is 0.309 e. The van der Waals surface area contributed by atoms with Crippen LogP contribution in [0, 0.1) is 0 Å². The highest BCUT2D eigenvalue weighted by atomic mass is 16.2. The summed E-state index contributed by atoms with van der Waals surface area (Å²) in [5.41, 5.74) is 0.940. The van der Waals surface area contributed by atoms with Gasteiger partial charge in [0.2, 0.25) is 5.91 Å². The average Bonchev–Trinajstić information content (AvgIpc) is 2.39. The molecule has 2 aromatic rings. The number of fused-ring (bicyclic) bond motifs is 1. The first-order chi connectivity index (χ1) is 8.27. The number of carbonyl (C=O) groups is 1. The molecule has 2 rings (SSSR count). The van der Waals surface area contributed by atoms with Crippen molar-refractivity contribution >= 4 is 22.4 Å². The van der Waals surface area contributed by atoms with Gasteiger partial charge in [-0.2, -0.15) is 0 Å². The van der Waals surface area contributed by atoms with E-state index in [0.29, 0.717) is 6.54 Å². The highest BCUT2D eigenvalue weighted by molar-refractivity contribution is 6.07. The summed E-state index contributed by atoms with van der Waals surface area (Å²) in [6.45, 7) is 6.14. The van der Waals surface area contributed by atoms with Gasteiger partial charge in [0.1, 0.15) is 0 Å². The molecule has 17 heavy (non-hydrogen) atoms. The molecule has 2 nitrogen and oxygen atoms in total. The summed E-state index contributed by atoms with van der Waals surface area (Å²) in [4.78, 5) is 13.5. The van der Waals surface area contributed by atoms with Crippen molar-refractivity contribution in [3.8, 4) is 0 Å². The molecule has 0 bridgehead atoms. The van der Waals surface area contributed by atoms with Gasteiger partial charge in [0.05, 0.1) is 5.69 Å². The maximum Gasteiger partial charge on any atom is 0.250 e. The number of rotatable bonds is 3. The Morgan fingerprint density at radius 2 is 1.94 bits per heavy atom. The average molecular weight is 225 g/mol. The van der Waals surface area contributed by atoms with Crippen LogP contribution in [0.1, 0.15) is 6.92 Å². The number of hydrogen-bond donors (Lipinski definition) is 0. The Morgan fingerprint density at radius 3 is 2.65 bits per heavy atom. The number of carbonyl (C=O) groups excluding carboxylic acids is 1. The van der Waals surface area contributed by atoms with Crippen molar-refractivity contribution in [2.45, 2.75) is 6.92 Å². The molecular weight excluding hydrogens is 210 g/mol. The van der Waals surface area contributed by atoms with Gasteiger partial charge in [-0.05, 0) is 24.5 Å². The SMILES string of the molecule is C=CC(=O)N(CC)c1cccc2ccccc12. The van der Waals surface area contributed by atoms with Crippen LogP contribution in [0.5, 0.6) is 0 Å². The van der Waals surface area contributed by atoms with Crippen LogP contribution in [0.25, 0.3) is 10.8 Å². The molecule has 0 aliphatic heterocycles. The third-order valence-corrected chi connectivity index (χ3v) is 2.81. The van der Waals surface area contributed by atoms with E-state index in [1.54, 1.807) is 4.90 Å². The third-order valence-electron chi connectivity index (χ3n) is 2.81. The van der Waals surface area contributed by atoms with Gasteiger partial charge in [0, 0.05) is 11.9 Å². The number of hydrogen-bond acceptors (Lipinski definition) is 1. The van der Waals surface area contributed by atoms with Crippen LogP contribution < -0.4 is 4.90 Å². The van der Waals surface area contributed by atoms with E-state index in [-0.39, 0.29) is 5.91 Å². The van der Waals surface area contributed by atoms with E-state index in [0.717, 1.165) is 16.5 Å². The van der Waals surface area contributed by atoms with Crippen molar-refractivity contribution in [1.29, 1.82) is 0 Å². The Balaban J connectivity index is 2.61. The minimum absolute atomic E-state index is 0.0659. The van der Waals surface area contributed by atoms with E-state index in [1.165, 1.54) is 6.08 Å². The first-order valence-electron chi connectivity index (χ1n) is 5.69. The smallest absolute Gasteiger partial charge is 0.250 e. The molecule has 1 amide bonds. The Hall–Kier alpha value is -2.09. The second-order valence-electron chi connectivity index (χ2n) is 3.78. The molecule has 2 aromatic carbocycles. The minimum Gasteiger partial charge on any atom is -0.309 e. The fourth-order valence-electron chi connectivity index (χ4n) is 2.00. The van der Waals surface area contributed by atoms with Crippen LogP contribution in [0.15, 0.2) is 55.1 Å². The fraction of sp³-hybridized carbons (Fsp3) is 0.133. The first kappa shape index (κ1) is 11.4. The summed E-state index contributed by atoms with van der Waals surface area (Å²) in [6.07, 6.45) is 1.35. The number of anilines is 1. The summed E-state index contributed by atoms with van der Waals surface area (Å²) in [6, 6.07) is 14.0. The summed E-state index contributed by atoms with van der Waals surface area (Å²) in [5.74, 6) is -0.0659. The van der Waals surface area contributed by atoms with Gasteiger partial charge in [-0.25, -0.2) is 0 Å². The van der Waals surface area contributed by atoms with E-state index < -0.39 is 0 Å². The number of benzene rings is 2. The van der Waals surface area contributed by atoms with Gasteiger partial charge in [0.25, 0.3) is 0 Å². The van der Waals surface area contributed by atoms with Crippen molar-refractivity contribution in [3.05, 3.63) is 55.1 Å². The number of likely N-dealkylation sites (N-methyl/N-ethyl adjacent to an activating group) is 1. The second-order valence-corrected chi connectivity index (χ2v) is 3.78. The van der Waals surface area contributed by atoms with Crippen LogP contribution in [-0.2, 0) is 4.79 Å². The molecule has 86 valence electrons. The monoisotopic (exact) mass is 225 g/mol. The predicted octanol–water partition coefficient (Wildman–Crippen LogP) is 3.38. The zero-order valence-electron chi connectivity index (χ0n) is 9.89. The lowest BCUT2D eigenvalue weighted by Crippen LogP contribution is -2.28. The molecule has 0 radical (unpaired) electrons. The number of amides is 1. The molecule has 0 spiro atoms. The first-order valence-corrected chi connectivity index (χ1v) is 5.69. The van der Waals surface area contributed by atoms with Gasteiger partial charge in [-0.15, -0.1) is 0 Å². The molecule has 0 unspecified atom stereocenters. The van der Waals surface area contributed by atoms with Crippen LogP contribution >= 0.6 is 0 Å². The molecule has 0 fully saturated rings. The molecule has 0 heterocycles. The van der Waals surface area contributed by atoms with Gasteiger partial charge in [0.15, 0.2) is 0 Å². The van der Waals surface area contributed by atoms with E-state index in [4.69, 9.17) is 0 Å². The topological polar surface area (TPSA) is 20.3 Å². The summed E-state index contributed by atoms with van der Waals surface area (Å²) in [7, 11) is 0. The maximum atomic E-state index is 11.8. The Labute approximate surface area is 101 Å². The predicted molar refractivity (Wildman–Crippen MR) is 72.2 cm³/mol. The summed E-state index contributed by atoms with van der Waals surface area (Å²) >= 11 is 0. The molecule has 0 atom stereocenters. The van der Waals surface area contributed by atoms with Crippen molar-refractivity contribution in [1.82, 2.24) is 0 Å². The van der Waals surface area contributed by atoms with Crippen LogP contribution in [0.3, 0.4) is 0 Å². The fourth-order valence-corrected chi connectivity index (χ4v) is 2.00. The van der Waals surface area contributed by atoms with Crippen LogP contribution in [0.4, 0.5) is 5.69 Å².